The second kappa shape index (κ2) is 5.70. The normalized spacial score (nSPS) is 29.2. The molecule has 0 aliphatic heterocycles. The standard InChI is InChI=1S/C20H26O3/c1-12(2)8-19(21)23-17-7-6-15-9-18-16(13(3)11-22-18)10-20(15,5)14(17)4/h6,8,11,14,17H,7,9-10H2,1-5H3. The van der Waals surface area contributed by atoms with Crippen LogP contribution in [0.3, 0.4) is 0 Å². The first-order valence-corrected chi connectivity index (χ1v) is 8.42. The van der Waals surface area contributed by atoms with Crippen LogP contribution in [0.15, 0.2) is 34.0 Å². The van der Waals surface area contributed by atoms with E-state index in [4.69, 9.17) is 9.15 Å². The second-order valence-electron chi connectivity index (χ2n) is 7.54. The van der Waals surface area contributed by atoms with E-state index in [1.807, 2.05) is 20.1 Å². The van der Waals surface area contributed by atoms with Crippen molar-refractivity contribution in [2.24, 2.45) is 11.3 Å². The van der Waals surface area contributed by atoms with E-state index in [0.29, 0.717) is 5.92 Å². The van der Waals surface area contributed by atoms with E-state index >= 15 is 0 Å². The quantitative estimate of drug-likeness (QED) is 0.457. The average molecular weight is 314 g/mol. The number of rotatable bonds is 2. The topological polar surface area (TPSA) is 39.4 Å². The van der Waals surface area contributed by atoms with Crippen LogP contribution in [-0.4, -0.2) is 12.1 Å². The number of fused-ring (bicyclic) bond motifs is 2. The van der Waals surface area contributed by atoms with E-state index in [1.165, 1.54) is 16.7 Å². The van der Waals surface area contributed by atoms with Crippen molar-refractivity contribution in [1.82, 2.24) is 0 Å². The maximum absolute atomic E-state index is 12.0. The Hall–Kier alpha value is -1.77. The van der Waals surface area contributed by atoms with Gasteiger partial charge in [0, 0.05) is 24.8 Å². The van der Waals surface area contributed by atoms with E-state index in [0.717, 1.165) is 30.6 Å². The van der Waals surface area contributed by atoms with Gasteiger partial charge in [0.1, 0.15) is 11.9 Å². The summed E-state index contributed by atoms with van der Waals surface area (Å²) in [5.41, 5.74) is 5.01. The third-order valence-corrected chi connectivity index (χ3v) is 5.65. The molecule has 1 aromatic rings. The number of furan rings is 1. The highest BCUT2D eigenvalue weighted by atomic mass is 16.5. The minimum absolute atomic E-state index is 0.0375. The molecule has 0 N–H and O–H groups in total. The molecule has 0 radical (unpaired) electrons. The van der Waals surface area contributed by atoms with Gasteiger partial charge in [0.2, 0.25) is 0 Å². The SMILES string of the molecule is CC(C)=CC(=O)OC1CC=C2Cc3occ(C)c3CC2(C)C1C. The Balaban J connectivity index is 1.85. The van der Waals surface area contributed by atoms with Gasteiger partial charge in [-0.3, -0.25) is 0 Å². The third kappa shape index (κ3) is 2.77. The Morgan fingerprint density at radius 2 is 2.17 bits per heavy atom. The predicted molar refractivity (Wildman–Crippen MR) is 90.1 cm³/mol. The third-order valence-electron chi connectivity index (χ3n) is 5.65. The van der Waals surface area contributed by atoms with E-state index in [1.54, 1.807) is 6.08 Å². The van der Waals surface area contributed by atoms with Crippen LogP contribution < -0.4 is 0 Å². The van der Waals surface area contributed by atoms with Crippen LogP contribution in [0.2, 0.25) is 0 Å². The maximum atomic E-state index is 12.0. The molecule has 1 aromatic heterocycles. The Bertz CT molecular complexity index is 688. The highest BCUT2D eigenvalue weighted by molar-refractivity contribution is 5.82. The molecule has 3 heteroatoms. The summed E-state index contributed by atoms with van der Waals surface area (Å²) in [5.74, 6) is 1.18. The molecule has 0 amide bonds. The van der Waals surface area contributed by atoms with Crippen molar-refractivity contribution in [2.75, 3.05) is 0 Å². The molecule has 3 atom stereocenters. The van der Waals surface area contributed by atoms with Gasteiger partial charge >= 0.3 is 5.97 Å². The average Bonchev–Trinajstić information content (AvgIpc) is 2.81. The number of hydrogen-bond acceptors (Lipinski definition) is 3. The molecule has 1 heterocycles. The summed E-state index contributed by atoms with van der Waals surface area (Å²) in [6, 6.07) is 0. The van der Waals surface area contributed by atoms with E-state index in [-0.39, 0.29) is 17.5 Å². The molecule has 2 aliphatic carbocycles. The fourth-order valence-corrected chi connectivity index (χ4v) is 3.96. The molecule has 0 fully saturated rings. The van der Waals surface area contributed by atoms with E-state index < -0.39 is 0 Å². The number of carbonyl (C=O) groups is 1. The lowest BCUT2D eigenvalue weighted by Crippen LogP contribution is -2.44. The van der Waals surface area contributed by atoms with Crippen molar-refractivity contribution in [3.05, 3.63) is 46.4 Å². The minimum atomic E-state index is -0.224. The first-order valence-electron chi connectivity index (χ1n) is 8.42. The molecule has 124 valence electrons. The van der Waals surface area contributed by atoms with Crippen LogP contribution >= 0.6 is 0 Å². The number of aryl methyl sites for hydroxylation is 1. The maximum Gasteiger partial charge on any atom is 0.330 e. The van der Waals surface area contributed by atoms with Gasteiger partial charge in [-0.1, -0.05) is 31.1 Å². The lowest BCUT2D eigenvalue weighted by atomic mass is 9.59. The molecular formula is C20H26O3. The molecule has 23 heavy (non-hydrogen) atoms. The molecule has 0 bridgehead atoms. The summed E-state index contributed by atoms with van der Waals surface area (Å²) in [7, 11) is 0. The Labute approximate surface area is 138 Å². The highest BCUT2D eigenvalue weighted by Crippen LogP contribution is 2.50. The number of esters is 1. The van der Waals surface area contributed by atoms with Gasteiger partial charge in [-0.2, -0.15) is 0 Å². The molecule has 0 saturated carbocycles. The van der Waals surface area contributed by atoms with Crippen molar-refractivity contribution in [3.8, 4) is 0 Å². The Kier molecular flexibility index (Phi) is 3.99. The van der Waals surface area contributed by atoms with Gasteiger partial charge in [-0.25, -0.2) is 4.79 Å². The van der Waals surface area contributed by atoms with Crippen molar-refractivity contribution >= 4 is 5.97 Å². The fraction of sp³-hybridized carbons (Fsp3) is 0.550. The van der Waals surface area contributed by atoms with Gasteiger partial charge in [0.05, 0.1) is 6.26 Å². The lowest BCUT2D eigenvalue weighted by molar-refractivity contribution is -0.148. The number of ether oxygens (including phenoxy) is 1. The van der Waals surface area contributed by atoms with Crippen LogP contribution in [-0.2, 0) is 22.4 Å². The second-order valence-corrected chi connectivity index (χ2v) is 7.54. The van der Waals surface area contributed by atoms with Gasteiger partial charge in [0.25, 0.3) is 0 Å². The lowest BCUT2D eigenvalue weighted by Gasteiger charge is -2.46. The van der Waals surface area contributed by atoms with Crippen molar-refractivity contribution < 1.29 is 13.9 Å². The first kappa shape index (κ1) is 16.1. The summed E-state index contributed by atoms with van der Waals surface area (Å²) < 4.78 is 11.5. The Morgan fingerprint density at radius 1 is 1.43 bits per heavy atom. The van der Waals surface area contributed by atoms with Gasteiger partial charge < -0.3 is 9.15 Å². The van der Waals surface area contributed by atoms with Crippen LogP contribution in [0.4, 0.5) is 0 Å². The van der Waals surface area contributed by atoms with Gasteiger partial charge in [-0.15, -0.1) is 0 Å². The van der Waals surface area contributed by atoms with E-state index in [2.05, 4.69) is 26.8 Å². The number of hydrogen-bond donors (Lipinski definition) is 0. The van der Waals surface area contributed by atoms with Gasteiger partial charge in [-0.05, 0) is 43.7 Å². The number of allylic oxidation sites excluding steroid dienone is 2. The fourth-order valence-electron chi connectivity index (χ4n) is 3.96. The molecule has 0 spiro atoms. The number of carbonyl (C=O) groups excluding carboxylic acids is 1. The molecule has 3 nitrogen and oxygen atoms in total. The molecule has 0 saturated heterocycles. The zero-order chi connectivity index (χ0) is 16.8. The first-order chi connectivity index (χ1) is 10.8. The summed E-state index contributed by atoms with van der Waals surface area (Å²) in [6.45, 7) is 10.5. The summed E-state index contributed by atoms with van der Waals surface area (Å²) in [6.07, 6.45) is 8.30. The summed E-state index contributed by atoms with van der Waals surface area (Å²) in [4.78, 5) is 12.0. The van der Waals surface area contributed by atoms with Crippen LogP contribution in [0.25, 0.3) is 0 Å². The molecule has 3 unspecified atom stereocenters. The molecule has 2 aliphatic rings. The predicted octanol–water partition coefficient (Wildman–Crippen LogP) is 4.54. The van der Waals surface area contributed by atoms with Crippen LogP contribution in [0, 0.1) is 18.3 Å². The Morgan fingerprint density at radius 3 is 2.87 bits per heavy atom. The summed E-state index contributed by atoms with van der Waals surface area (Å²) >= 11 is 0. The van der Waals surface area contributed by atoms with Crippen molar-refractivity contribution in [1.29, 1.82) is 0 Å². The van der Waals surface area contributed by atoms with Crippen molar-refractivity contribution in [3.63, 3.8) is 0 Å². The van der Waals surface area contributed by atoms with E-state index in [9.17, 15) is 4.79 Å². The zero-order valence-corrected chi connectivity index (χ0v) is 14.7. The van der Waals surface area contributed by atoms with Crippen molar-refractivity contribution in [2.45, 2.75) is 60.0 Å². The zero-order valence-electron chi connectivity index (χ0n) is 14.7. The largest absolute Gasteiger partial charge is 0.468 e. The molecular weight excluding hydrogens is 288 g/mol. The monoisotopic (exact) mass is 314 g/mol. The van der Waals surface area contributed by atoms with Crippen LogP contribution in [0.5, 0.6) is 0 Å². The van der Waals surface area contributed by atoms with Gasteiger partial charge in [0.15, 0.2) is 0 Å². The molecule has 3 rings (SSSR count). The minimum Gasteiger partial charge on any atom is -0.468 e. The summed E-state index contributed by atoms with van der Waals surface area (Å²) in [5, 5.41) is 0. The smallest absolute Gasteiger partial charge is 0.330 e. The van der Waals surface area contributed by atoms with Crippen LogP contribution in [0.1, 0.15) is 51.0 Å². The highest BCUT2D eigenvalue weighted by Gasteiger charge is 2.46. The molecule has 0 aromatic carbocycles.